The summed E-state index contributed by atoms with van der Waals surface area (Å²) in [7, 11) is 2.04. The number of pyridine rings is 1. The Hall–Kier alpha value is -1.13. The van der Waals surface area contributed by atoms with Crippen LogP contribution in [0.15, 0.2) is 18.3 Å². The fraction of sp³-hybridized carbons (Fsp3) is 0.667. The van der Waals surface area contributed by atoms with Crippen molar-refractivity contribution in [3.05, 3.63) is 23.9 Å². The Balaban J connectivity index is 2.41. The minimum atomic E-state index is 0.283. The van der Waals surface area contributed by atoms with Crippen molar-refractivity contribution in [1.29, 1.82) is 0 Å². The Morgan fingerprint density at radius 1 is 1.26 bits per heavy atom. The summed E-state index contributed by atoms with van der Waals surface area (Å²) in [5.74, 6) is 0.987. The molecule has 1 aromatic heterocycles. The Bertz CT molecular complexity index is 349. The maximum absolute atomic E-state index is 5.54. The predicted molar refractivity (Wildman–Crippen MR) is 80.6 cm³/mol. The maximum Gasteiger partial charge on any atom is 0.128 e. The van der Waals surface area contributed by atoms with Crippen LogP contribution in [-0.2, 0) is 11.3 Å². The zero-order valence-corrected chi connectivity index (χ0v) is 12.8. The number of hydrogen-bond donors (Lipinski definition) is 1. The van der Waals surface area contributed by atoms with Crippen LogP contribution >= 0.6 is 0 Å². The van der Waals surface area contributed by atoms with Crippen molar-refractivity contribution >= 4 is 5.82 Å². The lowest BCUT2D eigenvalue weighted by atomic mass is 10.2. The summed E-state index contributed by atoms with van der Waals surface area (Å²) in [6.45, 7) is 10.8. The van der Waals surface area contributed by atoms with E-state index in [1.54, 1.807) is 0 Å². The topological polar surface area (TPSA) is 37.4 Å². The van der Waals surface area contributed by atoms with E-state index in [9.17, 15) is 0 Å². The van der Waals surface area contributed by atoms with Crippen LogP contribution in [0.5, 0.6) is 0 Å². The Kier molecular flexibility index (Phi) is 6.81. The molecule has 0 bridgehead atoms. The summed E-state index contributed by atoms with van der Waals surface area (Å²) in [6.07, 6.45) is 2.22. The van der Waals surface area contributed by atoms with Gasteiger partial charge >= 0.3 is 0 Å². The summed E-state index contributed by atoms with van der Waals surface area (Å²) < 4.78 is 5.54. The molecule has 0 aliphatic rings. The number of rotatable bonds is 8. The van der Waals surface area contributed by atoms with E-state index in [2.05, 4.69) is 55.0 Å². The van der Waals surface area contributed by atoms with E-state index in [4.69, 9.17) is 4.74 Å². The van der Waals surface area contributed by atoms with Gasteiger partial charge in [0.2, 0.25) is 0 Å². The molecular weight excluding hydrogens is 238 g/mol. The second-order valence-electron chi connectivity index (χ2n) is 5.40. The van der Waals surface area contributed by atoms with Crippen LogP contribution in [-0.4, -0.2) is 37.3 Å². The standard InChI is InChI=1S/C15H27N3O/c1-12(2)16-10-14-6-7-15(17-11-14)18(5)8-9-19-13(3)4/h6-7,11-13,16H,8-10H2,1-5H3. The zero-order valence-electron chi connectivity index (χ0n) is 12.8. The summed E-state index contributed by atoms with van der Waals surface area (Å²) in [5.41, 5.74) is 1.21. The van der Waals surface area contributed by atoms with Crippen LogP contribution in [0, 0.1) is 0 Å². The molecule has 1 N–H and O–H groups in total. The van der Waals surface area contributed by atoms with Crippen molar-refractivity contribution in [3.8, 4) is 0 Å². The summed E-state index contributed by atoms with van der Waals surface area (Å²) in [4.78, 5) is 6.60. The van der Waals surface area contributed by atoms with Crippen LogP contribution in [0.25, 0.3) is 0 Å². The second kappa shape index (κ2) is 8.12. The van der Waals surface area contributed by atoms with Crippen LogP contribution in [0.4, 0.5) is 5.82 Å². The van der Waals surface area contributed by atoms with Gasteiger partial charge in [-0.2, -0.15) is 0 Å². The molecule has 0 aromatic carbocycles. The van der Waals surface area contributed by atoms with Gasteiger partial charge in [-0.3, -0.25) is 0 Å². The number of ether oxygens (including phenoxy) is 1. The van der Waals surface area contributed by atoms with E-state index in [1.807, 2.05) is 13.2 Å². The first kappa shape index (κ1) is 15.9. The third-order valence-electron chi connectivity index (χ3n) is 2.79. The molecule has 4 heteroatoms. The number of nitrogens with zero attached hydrogens (tertiary/aromatic N) is 2. The van der Waals surface area contributed by atoms with E-state index >= 15 is 0 Å². The van der Waals surface area contributed by atoms with Gasteiger partial charge in [-0.15, -0.1) is 0 Å². The smallest absolute Gasteiger partial charge is 0.128 e. The highest BCUT2D eigenvalue weighted by Crippen LogP contribution is 2.09. The summed E-state index contributed by atoms with van der Waals surface area (Å²) >= 11 is 0. The molecule has 0 atom stereocenters. The van der Waals surface area contributed by atoms with E-state index in [0.717, 1.165) is 25.5 Å². The van der Waals surface area contributed by atoms with Gasteiger partial charge < -0.3 is 15.0 Å². The highest BCUT2D eigenvalue weighted by Gasteiger charge is 2.03. The minimum Gasteiger partial charge on any atom is -0.377 e. The van der Waals surface area contributed by atoms with Crippen LogP contribution < -0.4 is 10.2 Å². The van der Waals surface area contributed by atoms with E-state index < -0.39 is 0 Å². The molecule has 1 rings (SSSR count). The monoisotopic (exact) mass is 265 g/mol. The van der Waals surface area contributed by atoms with Gasteiger partial charge in [0.15, 0.2) is 0 Å². The molecule has 0 unspecified atom stereocenters. The highest BCUT2D eigenvalue weighted by molar-refractivity contribution is 5.38. The molecule has 0 radical (unpaired) electrons. The van der Waals surface area contributed by atoms with Gasteiger partial charge in [-0.05, 0) is 25.5 Å². The van der Waals surface area contributed by atoms with Crippen molar-refractivity contribution in [1.82, 2.24) is 10.3 Å². The molecule has 4 nitrogen and oxygen atoms in total. The molecule has 0 aliphatic heterocycles. The number of aromatic nitrogens is 1. The Morgan fingerprint density at radius 2 is 2.00 bits per heavy atom. The Labute approximate surface area is 117 Å². The van der Waals surface area contributed by atoms with Gasteiger partial charge in [-0.25, -0.2) is 4.98 Å². The third-order valence-corrected chi connectivity index (χ3v) is 2.79. The fourth-order valence-electron chi connectivity index (χ4n) is 1.61. The minimum absolute atomic E-state index is 0.283. The highest BCUT2D eigenvalue weighted by atomic mass is 16.5. The molecule has 0 amide bonds. The number of likely N-dealkylation sites (N-methyl/N-ethyl adjacent to an activating group) is 1. The second-order valence-corrected chi connectivity index (χ2v) is 5.40. The van der Waals surface area contributed by atoms with Gasteiger partial charge in [0.05, 0.1) is 12.7 Å². The van der Waals surface area contributed by atoms with Crippen molar-refractivity contribution in [2.45, 2.75) is 46.4 Å². The summed E-state index contributed by atoms with van der Waals surface area (Å²) in [6, 6.07) is 4.68. The van der Waals surface area contributed by atoms with Crippen molar-refractivity contribution in [3.63, 3.8) is 0 Å². The van der Waals surface area contributed by atoms with Crippen LogP contribution in [0.3, 0.4) is 0 Å². The first-order valence-corrected chi connectivity index (χ1v) is 7.00. The molecule has 0 aliphatic carbocycles. The quantitative estimate of drug-likeness (QED) is 0.783. The molecule has 108 valence electrons. The first-order valence-electron chi connectivity index (χ1n) is 7.00. The lowest BCUT2D eigenvalue weighted by Crippen LogP contribution is -2.25. The predicted octanol–water partition coefficient (Wildman–Crippen LogP) is 2.44. The molecule has 1 heterocycles. The zero-order chi connectivity index (χ0) is 14.3. The average molecular weight is 265 g/mol. The normalized spacial score (nSPS) is 11.3. The summed E-state index contributed by atoms with van der Waals surface area (Å²) in [5, 5.41) is 3.38. The van der Waals surface area contributed by atoms with Gasteiger partial charge in [-0.1, -0.05) is 19.9 Å². The van der Waals surface area contributed by atoms with Gasteiger partial charge in [0, 0.05) is 32.4 Å². The molecule has 19 heavy (non-hydrogen) atoms. The molecular formula is C15H27N3O. The van der Waals surface area contributed by atoms with E-state index in [1.165, 1.54) is 5.56 Å². The third kappa shape index (κ3) is 6.55. The number of anilines is 1. The number of hydrogen-bond acceptors (Lipinski definition) is 4. The maximum atomic E-state index is 5.54. The van der Waals surface area contributed by atoms with Crippen molar-refractivity contribution < 1.29 is 4.74 Å². The Morgan fingerprint density at radius 3 is 2.53 bits per heavy atom. The molecule has 0 saturated heterocycles. The molecule has 0 fully saturated rings. The average Bonchev–Trinajstić information content (AvgIpc) is 2.36. The SMILES string of the molecule is CC(C)NCc1ccc(N(C)CCOC(C)C)nc1. The van der Waals surface area contributed by atoms with Crippen molar-refractivity contribution in [2.24, 2.45) is 0 Å². The van der Waals surface area contributed by atoms with E-state index in [-0.39, 0.29) is 6.10 Å². The lowest BCUT2D eigenvalue weighted by Gasteiger charge is -2.19. The van der Waals surface area contributed by atoms with Crippen molar-refractivity contribution in [2.75, 3.05) is 25.1 Å². The lowest BCUT2D eigenvalue weighted by molar-refractivity contribution is 0.0845. The molecule has 0 saturated carbocycles. The fourth-order valence-corrected chi connectivity index (χ4v) is 1.61. The molecule has 1 aromatic rings. The van der Waals surface area contributed by atoms with E-state index in [0.29, 0.717) is 6.04 Å². The van der Waals surface area contributed by atoms with Gasteiger partial charge in [0.1, 0.15) is 5.82 Å². The van der Waals surface area contributed by atoms with Crippen LogP contribution in [0.1, 0.15) is 33.3 Å². The first-order chi connectivity index (χ1) is 8.99. The number of nitrogens with one attached hydrogen (secondary N) is 1. The molecule has 0 spiro atoms. The van der Waals surface area contributed by atoms with Gasteiger partial charge in [0.25, 0.3) is 0 Å². The van der Waals surface area contributed by atoms with Crippen LogP contribution in [0.2, 0.25) is 0 Å². The largest absolute Gasteiger partial charge is 0.377 e.